The molecule has 134 valence electrons. The molecule has 3 aromatic heterocycles. The first-order valence-electron chi connectivity index (χ1n) is 7.78. The highest BCUT2D eigenvalue weighted by atomic mass is 32.2. The molecule has 1 unspecified atom stereocenters. The summed E-state index contributed by atoms with van der Waals surface area (Å²) < 4.78 is 40.1. The first-order chi connectivity index (χ1) is 11.8. The molecule has 0 aliphatic carbocycles. The van der Waals surface area contributed by atoms with Crippen molar-refractivity contribution in [2.24, 2.45) is 0 Å². The van der Waals surface area contributed by atoms with Crippen LogP contribution in [0.25, 0.3) is 0 Å². The Morgan fingerprint density at radius 1 is 1.28 bits per heavy atom. The molecule has 0 spiro atoms. The third-order valence-electron chi connectivity index (χ3n) is 3.91. The van der Waals surface area contributed by atoms with Crippen LogP contribution in [0.4, 0.5) is 0 Å². The maximum Gasteiger partial charge on any atom is 0.246 e. The number of sulfonamides is 1. The minimum Gasteiger partial charge on any atom is -0.467 e. The van der Waals surface area contributed by atoms with Crippen LogP contribution in [-0.4, -0.2) is 29.9 Å². The molecule has 0 fully saturated rings. The molecule has 0 saturated carbocycles. The highest BCUT2D eigenvalue weighted by Gasteiger charge is 2.27. The van der Waals surface area contributed by atoms with Crippen LogP contribution < -0.4 is 4.72 Å². The van der Waals surface area contributed by atoms with Crippen LogP contribution in [0.5, 0.6) is 0 Å². The largest absolute Gasteiger partial charge is 0.467 e. The van der Waals surface area contributed by atoms with E-state index in [1.165, 1.54) is 0 Å². The number of nitrogens with one attached hydrogen (secondary N) is 1. The molecule has 25 heavy (non-hydrogen) atoms. The molecule has 0 amide bonds. The molecule has 0 aliphatic rings. The molecule has 0 aliphatic heterocycles. The minimum absolute atomic E-state index is 0.0686. The summed E-state index contributed by atoms with van der Waals surface area (Å²) in [5.41, 5.74) is 2.09. The van der Waals surface area contributed by atoms with E-state index in [0.29, 0.717) is 11.5 Å². The molecule has 3 aromatic rings. The number of aryl methyl sites for hydroxylation is 4. The Labute approximate surface area is 145 Å². The second-order valence-corrected chi connectivity index (χ2v) is 7.61. The first kappa shape index (κ1) is 17.4. The quantitative estimate of drug-likeness (QED) is 0.720. The normalized spacial score (nSPS) is 13.3. The van der Waals surface area contributed by atoms with Gasteiger partial charge in [0.15, 0.2) is 5.76 Å². The molecule has 0 bridgehead atoms. The van der Waals surface area contributed by atoms with Gasteiger partial charge in [-0.2, -0.15) is 5.10 Å². The summed E-state index contributed by atoms with van der Waals surface area (Å²) in [6, 6.07) is 5.08. The summed E-state index contributed by atoms with van der Waals surface area (Å²) in [6.45, 7) is 7.05. The van der Waals surface area contributed by atoms with Gasteiger partial charge in [-0.05, 0) is 45.9 Å². The monoisotopic (exact) mass is 364 g/mol. The van der Waals surface area contributed by atoms with Crippen molar-refractivity contribution in [1.29, 1.82) is 0 Å². The minimum atomic E-state index is -3.77. The fraction of sp³-hybridized carbons (Fsp3) is 0.375. The van der Waals surface area contributed by atoms with Crippen molar-refractivity contribution in [3.8, 4) is 0 Å². The number of aromatic nitrogens is 3. The van der Waals surface area contributed by atoms with Crippen LogP contribution >= 0.6 is 0 Å². The molecule has 0 saturated heterocycles. The summed E-state index contributed by atoms with van der Waals surface area (Å²) in [7, 11) is -3.77. The number of nitrogens with zero attached hydrogens (tertiary/aromatic N) is 3. The van der Waals surface area contributed by atoms with Gasteiger partial charge in [0, 0.05) is 12.2 Å². The van der Waals surface area contributed by atoms with Crippen LogP contribution in [0.2, 0.25) is 0 Å². The van der Waals surface area contributed by atoms with E-state index in [2.05, 4.69) is 15.0 Å². The summed E-state index contributed by atoms with van der Waals surface area (Å²) in [5.74, 6) is 0.873. The predicted octanol–water partition coefficient (Wildman–Crippen LogP) is 2.27. The molecule has 3 heterocycles. The lowest BCUT2D eigenvalue weighted by Crippen LogP contribution is -2.32. The summed E-state index contributed by atoms with van der Waals surface area (Å²) >= 11 is 0. The molecule has 1 N–H and O–H groups in total. The topological polar surface area (TPSA) is 103 Å². The van der Waals surface area contributed by atoms with Gasteiger partial charge in [-0.25, -0.2) is 13.1 Å². The molecule has 1 atom stereocenters. The van der Waals surface area contributed by atoms with Crippen molar-refractivity contribution in [2.75, 3.05) is 6.54 Å². The zero-order chi connectivity index (χ0) is 18.2. The Morgan fingerprint density at radius 3 is 2.56 bits per heavy atom. The van der Waals surface area contributed by atoms with Gasteiger partial charge in [0.1, 0.15) is 22.4 Å². The SMILES string of the molecule is Cc1cc(C)n(C(CNS(=O)(=O)c2c(C)noc2C)c2ccco2)n1. The first-order valence-corrected chi connectivity index (χ1v) is 9.26. The Morgan fingerprint density at radius 2 is 2.04 bits per heavy atom. The van der Waals surface area contributed by atoms with Gasteiger partial charge < -0.3 is 8.94 Å². The lowest BCUT2D eigenvalue weighted by atomic mass is 10.2. The van der Waals surface area contributed by atoms with Crippen LogP contribution in [0, 0.1) is 27.7 Å². The van der Waals surface area contributed by atoms with Crippen LogP contribution in [0.3, 0.4) is 0 Å². The smallest absolute Gasteiger partial charge is 0.246 e. The molecular formula is C16H20N4O4S. The fourth-order valence-corrected chi connectivity index (χ4v) is 4.23. The van der Waals surface area contributed by atoms with E-state index in [4.69, 9.17) is 8.94 Å². The van der Waals surface area contributed by atoms with Gasteiger partial charge in [0.05, 0.1) is 12.0 Å². The third kappa shape index (κ3) is 3.38. The van der Waals surface area contributed by atoms with Crippen molar-refractivity contribution >= 4 is 10.0 Å². The van der Waals surface area contributed by atoms with Crippen molar-refractivity contribution in [1.82, 2.24) is 19.7 Å². The van der Waals surface area contributed by atoms with Gasteiger partial charge in [0.25, 0.3) is 0 Å². The Balaban J connectivity index is 1.91. The average Bonchev–Trinajstić information content (AvgIpc) is 3.23. The molecule has 9 heteroatoms. The second kappa shape index (κ2) is 6.49. The predicted molar refractivity (Wildman–Crippen MR) is 89.7 cm³/mol. The van der Waals surface area contributed by atoms with E-state index in [9.17, 15) is 8.42 Å². The van der Waals surface area contributed by atoms with Gasteiger partial charge in [-0.3, -0.25) is 4.68 Å². The van der Waals surface area contributed by atoms with Crippen molar-refractivity contribution in [3.05, 3.63) is 53.1 Å². The molecule has 0 radical (unpaired) electrons. The number of rotatable bonds is 6. The summed E-state index contributed by atoms with van der Waals surface area (Å²) in [4.78, 5) is 0.0686. The van der Waals surface area contributed by atoms with Crippen LogP contribution in [0.1, 0.15) is 34.6 Å². The van der Waals surface area contributed by atoms with Crippen LogP contribution in [0.15, 0.2) is 38.3 Å². The maximum atomic E-state index is 12.7. The zero-order valence-electron chi connectivity index (χ0n) is 14.5. The second-order valence-electron chi connectivity index (χ2n) is 5.91. The third-order valence-corrected chi connectivity index (χ3v) is 5.58. The van der Waals surface area contributed by atoms with E-state index in [1.54, 1.807) is 36.9 Å². The molecule has 0 aromatic carbocycles. The van der Waals surface area contributed by atoms with Crippen LogP contribution in [-0.2, 0) is 10.0 Å². The number of hydrogen-bond acceptors (Lipinski definition) is 6. The Bertz CT molecular complexity index is 951. The molecule has 3 rings (SSSR count). The fourth-order valence-electron chi connectivity index (χ4n) is 2.87. The number of furan rings is 1. The molecule has 8 nitrogen and oxygen atoms in total. The van der Waals surface area contributed by atoms with Gasteiger partial charge >= 0.3 is 0 Å². The average molecular weight is 364 g/mol. The van der Waals surface area contributed by atoms with E-state index in [0.717, 1.165) is 11.4 Å². The van der Waals surface area contributed by atoms with E-state index in [-0.39, 0.29) is 17.2 Å². The van der Waals surface area contributed by atoms with Crippen molar-refractivity contribution in [3.63, 3.8) is 0 Å². The Hall–Kier alpha value is -2.39. The van der Waals surface area contributed by atoms with Crippen molar-refractivity contribution in [2.45, 2.75) is 38.6 Å². The summed E-state index contributed by atoms with van der Waals surface area (Å²) in [5, 5.41) is 8.16. The van der Waals surface area contributed by atoms with E-state index < -0.39 is 16.1 Å². The van der Waals surface area contributed by atoms with Crippen molar-refractivity contribution < 1.29 is 17.4 Å². The Kier molecular flexibility index (Phi) is 4.53. The standard InChI is InChI=1S/C16H20N4O4S/c1-10-8-11(2)20(18-10)14(15-6-5-7-23-15)9-17-25(21,22)16-12(3)19-24-13(16)4/h5-8,14,17H,9H2,1-4H3. The lowest BCUT2D eigenvalue weighted by molar-refractivity contribution is 0.390. The molecular weight excluding hydrogens is 344 g/mol. The van der Waals surface area contributed by atoms with Gasteiger partial charge in [-0.1, -0.05) is 5.16 Å². The maximum absolute atomic E-state index is 12.7. The van der Waals surface area contributed by atoms with Gasteiger partial charge in [-0.15, -0.1) is 0 Å². The zero-order valence-corrected chi connectivity index (χ0v) is 15.3. The van der Waals surface area contributed by atoms with E-state index in [1.807, 2.05) is 19.9 Å². The highest BCUT2D eigenvalue weighted by molar-refractivity contribution is 7.89. The lowest BCUT2D eigenvalue weighted by Gasteiger charge is -2.18. The number of hydrogen-bond donors (Lipinski definition) is 1. The summed E-state index contributed by atoms with van der Waals surface area (Å²) in [6.07, 6.45) is 1.55. The highest BCUT2D eigenvalue weighted by Crippen LogP contribution is 2.23. The van der Waals surface area contributed by atoms with Gasteiger partial charge in [0.2, 0.25) is 10.0 Å². The van der Waals surface area contributed by atoms with E-state index >= 15 is 0 Å².